The lowest BCUT2D eigenvalue weighted by Crippen LogP contribution is -3.13. The molecule has 6 heteroatoms. The van der Waals surface area contributed by atoms with Crippen molar-refractivity contribution in [2.75, 3.05) is 26.2 Å². The molecule has 1 aliphatic heterocycles. The van der Waals surface area contributed by atoms with E-state index < -0.39 is 4.92 Å². The Bertz CT molecular complexity index is 725. The highest BCUT2D eigenvalue weighted by Gasteiger charge is 2.28. The first kappa shape index (κ1) is 16.1. The van der Waals surface area contributed by atoms with Gasteiger partial charge >= 0.3 is 0 Å². The third-order valence-electron chi connectivity index (χ3n) is 4.39. The van der Waals surface area contributed by atoms with Gasteiger partial charge in [0.2, 0.25) is 0 Å². The van der Waals surface area contributed by atoms with Crippen LogP contribution in [0.25, 0.3) is 0 Å². The Morgan fingerprint density at radius 3 is 2.33 bits per heavy atom. The lowest BCUT2D eigenvalue weighted by atomic mass is 10.1. The van der Waals surface area contributed by atoms with Crippen molar-refractivity contribution in [1.29, 1.82) is 0 Å². The van der Waals surface area contributed by atoms with E-state index in [0.29, 0.717) is 13.1 Å². The van der Waals surface area contributed by atoms with Gasteiger partial charge in [-0.1, -0.05) is 42.5 Å². The average Bonchev–Trinajstić information content (AvgIpc) is 2.62. The van der Waals surface area contributed by atoms with Gasteiger partial charge in [-0.15, -0.1) is 0 Å². The predicted octanol–water partition coefficient (Wildman–Crippen LogP) is 1.14. The standard InChI is InChI=1S/C18H19N3O3/c22-18(16-8-4-5-9-17(16)21(23)24)20-12-10-19(11-13-20)14-15-6-2-1-3-7-15/h1-9H,10-14H2/p+1. The summed E-state index contributed by atoms with van der Waals surface area (Å²) in [6.45, 7) is 3.87. The number of benzene rings is 2. The van der Waals surface area contributed by atoms with Crippen LogP contribution in [-0.4, -0.2) is 41.9 Å². The number of hydrogen-bond acceptors (Lipinski definition) is 3. The number of amides is 1. The molecule has 0 saturated carbocycles. The van der Waals surface area contributed by atoms with Crippen LogP contribution in [0.1, 0.15) is 15.9 Å². The van der Waals surface area contributed by atoms with E-state index in [4.69, 9.17) is 0 Å². The summed E-state index contributed by atoms with van der Waals surface area (Å²) < 4.78 is 0. The van der Waals surface area contributed by atoms with Crippen molar-refractivity contribution < 1.29 is 14.6 Å². The maximum absolute atomic E-state index is 12.6. The number of carbonyl (C=O) groups excluding carboxylic acids is 1. The molecule has 1 fully saturated rings. The Hall–Kier alpha value is -2.73. The first-order valence-corrected chi connectivity index (χ1v) is 8.05. The molecule has 0 spiro atoms. The molecule has 1 aliphatic rings. The molecule has 0 unspecified atom stereocenters. The summed E-state index contributed by atoms with van der Waals surface area (Å²) in [5.74, 6) is -0.249. The van der Waals surface area contributed by atoms with Crippen LogP contribution in [-0.2, 0) is 6.54 Å². The Morgan fingerprint density at radius 2 is 1.67 bits per heavy atom. The SMILES string of the molecule is O=C(c1ccccc1[N+](=O)[O-])N1CC[NH+](Cc2ccccc2)CC1. The normalized spacial score (nSPS) is 15.2. The molecule has 0 bridgehead atoms. The second-order valence-corrected chi connectivity index (χ2v) is 5.98. The maximum atomic E-state index is 12.6. The molecule has 1 saturated heterocycles. The number of piperazine rings is 1. The fraction of sp³-hybridized carbons (Fsp3) is 0.278. The van der Waals surface area contributed by atoms with Crippen molar-refractivity contribution in [3.05, 3.63) is 75.8 Å². The van der Waals surface area contributed by atoms with Gasteiger partial charge in [-0.05, 0) is 6.07 Å². The summed E-state index contributed by atoms with van der Waals surface area (Å²) in [5, 5.41) is 11.1. The third kappa shape index (κ3) is 3.60. The molecule has 3 rings (SSSR count). The smallest absolute Gasteiger partial charge is 0.282 e. The van der Waals surface area contributed by atoms with Gasteiger partial charge in [0.05, 0.1) is 31.1 Å². The van der Waals surface area contributed by atoms with Gasteiger partial charge in [0.15, 0.2) is 0 Å². The van der Waals surface area contributed by atoms with Crippen LogP contribution in [0.4, 0.5) is 5.69 Å². The summed E-state index contributed by atoms with van der Waals surface area (Å²) >= 11 is 0. The molecular formula is C18H20N3O3+. The van der Waals surface area contributed by atoms with Crippen molar-refractivity contribution >= 4 is 11.6 Å². The number of nitrogens with one attached hydrogen (secondary N) is 1. The number of quaternary nitrogens is 1. The van der Waals surface area contributed by atoms with Crippen LogP contribution in [0, 0.1) is 10.1 Å². The fourth-order valence-electron chi connectivity index (χ4n) is 3.07. The number of nitrogens with zero attached hydrogens (tertiary/aromatic N) is 2. The second-order valence-electron chi connectivity index (χ2n) is 5.98. The zero-order chi connectivity index (χ0) is 16.9. The Morgan fingerprint density at radius 1 is 1.04 bits per heavy atom. The molecule has 1 N–H and O–H groups in total. The van der Waals surface area contributed by atoms with Gasteiger partial charge in [-0.2, -0.15) is 0 Å². The molecule has 6 nitrogen and oxygen atoms in total. The van der Waals surface area contributed by atoms with Gasteiger partial charge in [0.25, 0.3) is 11.6 Å². The molecular weight excluding hydrogens is 306 g/mol. The van der Waals surface area contributed by atoms with E-state index >= 15 is 0 Å². The minimum atomic E-state index is -0.496. The molecule has 1 heterocycles. The van der Waals surface area contributed by atoms with Gasteiger partial charge in [0.1, 0.15) is 12.1 Å². The van der Waals surface area contributed by atoms with E-state index in [-0.39, 0.29) is 17.2 Å². The molecule has 124 valence electrons. The van der Waals surface area contributed by atoms with E-state index in [0.717, 1.165) is 19.6 Å². The molecule has 0 atom stereocenters. The van der Waals surface area contributed by atoms with E-state index in [1.54, 1.807) is 17.0 Å². The lowest BCUT2D eigenvalue weighted by Gasteiger charge is -2.32. The van der Waals surface area contributed by atoms with Gasteiger partial charge in [-0.25, -0.2) is 0 Å². The monoisotopic (exact) mass is 326 g/mol. The fourth-order valence-corrected chi connectivity index (χ4v) is 3.07. The number of carbonyl (C=O) groups is 1. The number of para-hydroxylation sites is 1. The minimum Gasteiger partial charge on any atom is -0.328 e. The van der Waals surface area contributed by atoms with Crippen molar-refractivity contribution in [3.63, 3.8) is 0 Å². The summed E-state index contributed by atoms with van der Waals surface area (Å²) in [6, 6.07) is 16.4. The van der Waals surface area contributed by atoms with Crippen LogP contribution < -0.4 is 4.90 Å². The molecule has 0 aliphatic carbocycles. The quantitative estimate of drug-likeness (QED) is 0.677. The zero-order valence-corrected chi connectivity index (χ0v) is 13.4. The van der Waals surface area contributed by atoms with Crippen molar-refractivity contribution in [2.45, 2.75) is 6.54 Å². The Balaban J connectivity index is 1.62. The largest absolute Gasteiger partial charge is 0.328 e. The Labute approximate surface area is 140 Å². The van der Waals surface area contributed by atoms with Gasteiger partial charge in [0, 0.05) is 11.6 Å². The van der Waals surface area contributed by atoms with Crippen molar-refractivity contribution in [3.8, 4) is 0 Å². The molecule has 0 radical (unpaired) electrons. The summed E-state index contributed by atoms with van der Waals surface area (Å²) in [7, 11) is 0. The molecule has 24 heavy (non-hydrogen) atoms. The average molecular weight is 326 g/mol. The molecule has 2 aromatic rings. The van der Waals surface area contributed by atoms with Crippen LogP contribution in [0.15, 0.2) is 54.6 Å². The number of hydrogen-bond donors (Lipinski definition) is 1. The van der Waals surface area contributed by atoms with Gasteiger partial charge < -0.3 is 9.80 Å². The first-order chi connectivity index (χ1) is 11.6. The van der Waals surface area contributed by atoms with Crippen molar-refractivity contribution in [1.82, 2.24) is 4.90 Å². The topological polar surface area (TPSA) is 67.9 Å². The zero-order valence-electron chi connectivity index (χ0n) is 13.4. The maximum Gasteiger partial charge on any atom is 0.282 e. The molecule has 0 aromatic heterocycles. The summed E-state index contributed by atoms with van der Waals surface area (Å²) in [6.07, 6.45) is 0. The molecule has 2 aromatic carbocycles. The molecule has 1 amide bonds. The van der Waals surface area contributed by atoms with Crippen LogP contribution in [0.3, 0.4) is 0 Å². The first-order valence-electron chi connectivity index (χ1n) is 8.05. The predicted molar refractivity (Wildman–Crippen MR) is 89.8 cm³/mol. The van der Waals surface area contributed by atoms with E-state index in [9.17, 15) is 14.9 Å². The van der Waals surface area contributed by atoms with E-state index in [2.05, 4.69) is 12.1 Å². The highest BCUT2D eigenvalue weighted by molar-refractivity contribution is 5.98. The van der Waals surface area contributed by atoms with Crippen LogP contribution in [0.2, 0.25) is 0 Å². The second kappa shape index (κ2) is 7.23. The number of rotatable bonds is 4. The third-order valence-corrected chi connectivity index (χ3v) is 4.39. The highest BCUT2D eigenvalue weighted by Crippen LogP contribution is 2.19. The number of nitro benzene ring substituents is 1. The van der Waals surface area contributed by atoms with Crippen molar-refractivity contribution in [2.24, 2.45) is 0 Å². The summed E-state index contributed by atoms with van der Waals surface area (Å²) in [5.41, 5.74) is 1.33. The number of nitro groups is 1. The van der Waals surface area contributed by atoms with E-state index in [1.807, 2.05) is 18.2 Å². The Kier molecular flexibility index (Phi) is 4.86. The highest BCUT2D eigenvalue weighted by atomic mass is 16.6. The summed E-state index contributed by atoms with van der Waals surface area (Å²) in [4.78, 5) is 26.3. The van der Waals surface area contributed by atoms with Crippen LogP contribution in [0.5, 0.6) is 0 Å². The minimum absolute atomic E-state index is 0.124. The van der Waals surface area contributed by atoms with Gasteiger partial charge in [-0.3, -0.25) is 14.9 Å². The van der Waals surface area contributed by atoms with Crippen LogP contribution >= 0.6 is 0 Å². The van der Waals surface area contributed by atoms with E-state index in [1.165, 1.54) is 22.6 Å². The lowest BCUT2D eigenvalue weighted by molar-refractivity contribution is -0.917.